The summed E-state index contributed by atoms with van der Waals surface area (Å²) in [6.45, 7) is 1.72. The van der Waals surface area contributed by atoms with Crippen LogP contribution in [0.4, 0.5) is 8.78 Å². The van der Waals surface area contributed by atoms with Crippen LogP contribution in [0.1, 0.15) is 34.3 Å². The number of aryl methyl sites for hydroxylation is 1. The molecule has 1 rings (SSSR count). The normalized spacial score (nSPS) is 10.7. The molecular formula is C11H11ClF2O. The molecule has 1 aromatic carbocycles. The first kappa shape index (κ1) is 12.1. The molecule has 0 spiro atoms. The summed E-state index contributed by atoms with van der Waals surface area (Å²) in [7, 11) is 0. The van der Waals surface area contributed by atoms with Crippen molar-refractivity contribution in [2.75, 3.05) is 5.88 Å². The number of alkyl halides is 3. The van der Waals surface area contributed by atoms with Crippen molar-refractivity contribution < 1.29 is 13.6 Å². The van der Waals surface area contributed by atoms with Gasteiger partial charge in [-0.05, 0) is 18.6 Å². The number of benzene rings is 1. The summed E-state index contributed by atoms with van der Waals surface area (Å²) in [6.07, 6.45) is -2.37. The van der Waals surface area contributed by atoms with Gasteiger partial charge in [0.2, 0.25) is 0 Å². The molecule has 0 radical (unpaired) electrons. The Morgan fingerprint density at radius 3 is 2.67 bits per heavy atom. The first-order valence-corrected chi connectivity index (χ1v) is 5.07. The first-order chi connectivity index (χ1) is 7.06. The molecule has 0 unspecified atom stereocenters. The van der Waals surface area contributed by atoms with E-state index in [1.54, 1.807) is 6.92 Å². The number of halogens is 3. The van der Waals surface area contributed by atoms with Crippen LogP contribution in [0.15, 0.2) is 18.2 Å². The molecule has 15 heavy (non-hydrogen) atoms. The summed E-state index contributed by atoms with van der Waals surface area (Å²) >= 11 is 5.43. The zero-order valence-corrected chi connectivity index (χ0v) is 9.02. The second-order valence-electron chi connectivity index (χ2n) is 3.24. The molecule has 0 amide bonds. The SMILES string of the molecule is Cc1ccc(C(F)F)cc1C(=O)CCCl. The van der Waals surface area contributed by atoms with Crippen molar-refractivity contribution in [1.82, 2.24) is 0 Å². The van der Waals surface area contributed by atoms with Gasteiger partial charge in [-0.25, -0.2) is 8.78 Å². The highest BCUT2D eigenvalue weighted by Gasteiger charge is 2.13. The number of carbonyl (C=O) groups is 1. The Balaban J connectivity index is 3.05. The van der Waals surface area contributed by atoms with E-state index in [1.165, 1.54) is 18.2 Å². The van der Waals surface area contributed by atoms with Gasteiger partial charge in [-0.1, -0.05) is 12.1 Å². The van der Waals surface area contributed by atoms with Crippen LogP contribution >= 0.6 is 11.6 Å². The maximum absolute atomic E-state index is 12.4. The van der Waals surface area contributed by atoms with E-state index < -0.39 is 6.43 Å². The average Bonchev–Trinajstić information content (AvgIpc) is 2.18. The van der Waals surface area contributed by atoms with Crippen molar-refractivity contribution in [3.05, 3.63) is 34.9 Å². The van der Waals surface area contributed by atoms with Crippen LogP contribution in [0.2, 0.25) is 0 Å². The third-order valence-corrected chi connectivity index (χ3v) is 2.32. The van der Waals surface area contributed by atoms with E-state index >= 15 is 0 Å². The van der Waals surface area contributed by atoms with Gasteiger partial charge in [0.1, 0.15) is 0 Å². The van der Waals surface area contributed by atoms with Crippen molar-refractivity contribution in [1.29, 1.82) is 0 Å². The quantitative estimate of drug-likeness (QED) is 0.571. The van der Waals surface area contributed by atoms with Gasteiger partial charge in [-0.3, -0.25) is 4.79 Å². The van der Waals surface area contributed by atoms with Crippen molar-refractivity contribution >= 4 is 17.4 Å². The Morgan fingerprint density at radius 1 is 1.47 bits per heavy atom. The average molecular weight is 233 g/mol. The second kappa shape index (κ2) is 5.21. The summed E-state index contributed by atoms with van der Waals surface area (Å²) in [5.74, 6) is 0.0157. The highest BCUT2D eigenvalue weighted by Crippen LogP contribution is 2.22. The van der Waals surface area contributed by atoms with Gasteiger partial charge >= 0.3 is 0 Å². The lowest BCUT2D eigenvalue weighted by atomic mass is 10.0. The molecule has 0 bridgehead atoms. The Hall–Kier alpha value is -0.960. The molecule has 0 aliphatic carbocycles. The molecule has 0 saturated heterocycles. The van der Waals surface area contributed by atoms with Gasteiger partial charge in [0.15, 0.2) is 5.78 Å². The van der Waals surface area contributed by atoms with Crippen molar-refractivity contribution in [2.24, 2.45) is 0 Å². The molecule has 82 valence electrons. The predicted octanol–water partition coefficient (Wildman–Crippen LogP) is 3.74. The van der Waals surface area contributed by atoms with Gasteiger partial charge in [0.25, 0.3) is 6.43 Å². The van der Waals surface area contributed by atoms with Crippen LogP contribution in [-0.2, 0) is 0 Å². The summed E-state index contributed by atoms with van der Waals surface area (Å²) in [6, 6.07) is 4.11. The molecular weight excluding hydrogens is 222 g/mol. The van der Waals surface area contributed by atoms with E-state index in [2.05, 4.69) is 0 Å². The summed E-state index contributed by atoms with van der Waals surface area (Å²) in [5.41, 5.74) is 0.918. The Morgan fingerprint density at radius 2 is 2.13 bits per heavy atom. The summed E-state index contributed by atoms with van der Waals surface area (Å²) in [4.78, 5) is 11.5. The van der Waals surface area contributed by atoms with E-state index in [9.17, 15) is 13.6 Å². The smallest absolute Gasteiger partial charge is 0.263 e. The lowest BCUT2D eigenvalue weighted by Gasteiger charge is -2.06. The van der Waals surface area contributed by atoms with Crippen LogP contribution in [0.25, 0.3) is 0 Å². The molecule has 0 fully saturated rings. The third kappa shape index (κ3) is 2.99. The zero-order valence-electron chi connectivity index (χ0n) is 8.27. The van der Waals surface area contributed by atoms with Gasteiger partial charge in [-0.15, -0.1) is 11.6 Å². The third-order valence-electron chi connectivity index (χ3n) is 2.14. The highest BCUT2D eigenvalue weighted by molar-refractivity contribution is 6.19. The topological polar surface area (TPSA) is 17.1 Å². The van der Waals surface area contributed by atoms with Crippen molar-refractivity contribution in [2.45, 2.75) is 19.8 Å². The Bertz CT molecular complexity index is 364. The van der Waals surface area contributed by atoms with E-state index in [1.807, 2.05) is 0 Å². The molecule has 4 heteroatoms. The zero-order chi connectivity index (χ0) is 11.4. The lowest BCUT2D eigenvalue weighted by Crippen LogP contribution is -2.03. The van der Waals surface area contributed by atoms with E-state index in [0.29, 0.717) is 11.1 Å². The predicted molar refractivity (Wildman–Crippen MR) is 55.8 cm³/mol. The highest BCUT2D eigenvalue weighted by atomic mass is 35.5. The number of hydrogen-bond acceptors (Lipinski definition) is 1. The number of hydrogen-bond donors (Lipinski definition) is 0. The Kier molecular flexibility index (Phi) is 4.21. The van der Waals surface area contributed by atoms with Gasteiger partial charge < -0.3 is 0 Å². The maximum atomic E-state index is 12.4. The molecule has 0 aromatic heterocycles. The fourth-order valence-corrected chi connectivity index (χ4v) is 1.47. The summed E-state index contributed by atoms with van der Waals surface area (Å²) in [5, 5.41) is 0. The number of ketones is 1. The number of rotatable bonds is 4. The van der Waals surface area contributed by atoms with E-state index in [4.69, 9.17) is 11.6 Å². The maximum Gasteiger partial charge on any atom is 0.263 e. The van der Waals surface area contributed by atoms with Crippen LogP contribution in [-0.4, -0.2) is 11.7 Å². The monoisotopic (exact) mass is 232 g/mol. The Labute approximate surface area is 92.1 Å². The molecule has 0 saturated carbocycles. The first-order valence-electron chi connectivity index (χ1n) is 4.54. The standard InChI is InChI=1S/C11H11ClF2O/c1-7-2-3-8(11(13)14)6-9(7)10(15)4-5-12/h2-3,6,11H,4-5H2,1H3. The van der Waals surface area contributed by atoms with Crippen LogP contribution in [0.3, 0.4) is 0 Å². The molecule has 0 aliphatic rings. The van der Waals surface area contributed by atoms with Crippen molar-refractivity contribution in [3.8, 4) is 0 Å². The molecule has 0 aliphatic heterocycles. The summed E-state index contributed by atoms with van der Waals surface area (Å²) < 4.78 is 24.8. The number of Topliss-reactive ketones (excluding diaryl/α,β-unsaturated/α-hetero) is 1. The molecule has 0 atom stereocenters. The fraction of sp³-hybridized carbons (Fsp3) is 0.364. The largest absolute Gasteiger partial charge is 0.294 e. The molecule has 1 nitrogen and oxygen atoms in total. The minimum Gasteiger partial charge on any atom is -0.294 e. The van der Waals surface area contributed by atoms with Gasteiger partial charge in [0.05, 0.1) is 0 Å². The van der Waals surface area contributed by atoms with Crippen molar-refractivity contribution in [3.63, 3.8) is 0 Å². The molecule has 1 aromatic rings. The molecule has 0 N–H and O–H groups in total. The number of carbonyl (C=O) groups excluding carboxylic acids is 1. The minimum absolute atomic E-state index is 0.126. The lowest BCUT2D eigenvalue weighted by molar-refractivity contribution is 0.0988. The van der Waals surface area contributed by atoms with E-state index in [-0.39, 0.29) is 23.6 Å². The second-order valence-corrected chi connectivity index (χ2v) is 3.62. The minimum atomic E-state index is -2.55. The van der Waals surface area contributed by atoms with Gasteiger partial charge in [-0.2, -0.15) is 0 Å². The molecule has 0 heterocycles. The van der Waals surface area contributed by atoms with Crippen LogP contribution in [0.5, 0.6) is 0 Å². The van der Waals surface area contributed by atoms with E-state index in [0.717, 1.165) is 0 Å². The van der Waals surface area contributed by atoms with Crippen LogP contribution in [0, 0.1) is 6.92 Å². The fourth-order valence-electron chi connectivity index (χ4n) is 1.30. The van der Waals surface area contributed by atoms with Crippen LogP contribution < -0.4 is 0 Å². The van der Waals surface area contributed by atoms with Gasteiger partial charge in [0, 0.05) is 23.4 Å².